The number of halogens is 3. The Labute approximate surface area is 177 Å². The number of amidine groups is 1. The first-order chi connectivity index (χ1) is 14.8. The number of nitrogens with two attached hydrogens (primary N) is 1. The third-order valence-corrected chi connectivity index (χ3v) is 4.12. The van der Waals surface area contributed by atoms with Crippen LogP contribution in [0.1, 0.15) is 35.3 Å². The molecule has 7 nitrogen and oxygen atoms in total. The van der Waals surface area contributed by atoms with E-state index in [2.05, 4.69) is 22.1 Å². The van der Waals surface area contributed by atoms with Crippen LogP contribution in [0.2, 0.25) is 0 Å². The number of nitrogens with one attached hydrogen (secondary N) is 2. The Balaban J connectivity index is 2.14. The molecule has 1 atom stereocenters. The highest BCUT2D eigenvalue weighted by atomic mass is 19.2. The molecule has 0 saturated heterocycles. The van der Waals surface area contributed by atoms with Gasteiger partial charge in [0.1, 0.15) is 18.1 Å². The molecule has 2 aromatic rings. The van der Waals surface area contributed by atoms with Gasteiger partial charge in [-0.05, 0) is 37.1 Å². The molecule has 1 aromatic carbocycles. The number of alkyl halides is 1. The highest BCUT2D eigenvalue weighted by Crippen LogP contribution is 2.28. The lowest BCUT2D eigenvalue weighted by molar-refractivity contribution is 0.102. The minimum absolute atomic E-state index is 0.0112. The van der Waals surface area contributed by atoms with Crippen molar-refractivity contribution >= 4 is 17.6 Å². The number of benzene rings is 1. The van der Waals surface area contributed by atoms with Gasteiger partial charge in [-0.2, -0.15) is 0 Å². The van der Waals surface area contributed by atoms with Crippen molar-refractivity contribution in [3.05, 3.63) is 53.4 Å². The maximum absolute atomic E-state index is 14.2. The highest BCUT2D eigenvalue weighted by molar-refractivity contribution is 6.02. The Morgan fingerprint density at radius 1 is 1.35 bits per heavy atom. The van der Waals surface area contributed by atoms with Crippen molar-refractivity contribution in [1.29, 1.82) is 5.41 Å². The molecule has 1 heterocycles. The normalized spacial score (nSPS) is 11.1. The van der Waals surface area contributed by atoms with Gasteiger partial charge < -0.3 is 20.5 Å². The average Bonchev–Trinajstić information content (AvgIpc) is 2.74. The summed E-state index contributed by atoms with van der Waals surface area (Å²) in [6.45, 7) is 0.702. The summed E-state index contributed by atoms with van der Waals surface area (Å²) in [6.07, 6.45) is 1.28. The highest BCUT2D eigenvalue weighted by Gasteiger charge is 2.21. The van der Waals surface area contributed by atoms with Crippen LogP contribution in [0.4, 0.5) is 18.9 Å². The first kappa shape index (κ1) is 23.5. The van der Waals surface area contributed by atoms with Crippen molar-refractivity contribution < 1.29 is 27.4 Å². The van der Waals surface area contributed by atoms with E-state index < -0.39 is 36.2 Å². The Morgan fingerprint density at radius 2 is 2.13 bits per heavy atom. The smallest absolute Gasteiger partial charge is 0.278 e. The topological polar surface area (TPSA) is 110 Å². The molecule has 1 amide bonds. The first-order valence-corrected chi connectivity index (χ1v) is 9.17. The number of hydrogen-bond acceptors (Lipinski definition) is 5. The van der Waals surface area contributed by atoms with Crippen molar-refractivity contribution in [1.82, 2.24) is 4.98 Å². The Bertz CT molecular complexity index is 988. The lowest BCUT2D eigenvalue weighted by Gasteiger charge is -2.17. The summed E-state index contributed by atoms with van der Waals surface area (Å²) in [5.74, 6) is 1.61. The summed E-state index contributed by atoms with van der Waals surface area (Å²) in [7, 11) is 0. The molecule has 0 bridgehead atoms. The molecular weight excluding hydrogens is 413 g/mol. The molecule has 0 aliphatic carbocycles. The third kappa shape index (κ3) is 6.92. The maximum atomic E-state index is 14.2. The molecule has 4 N–H and O–H groups in total. The molecule has 1 aromatic heterocycles. The SMILES string of the molecule is CC#CCOc1ccc(C(=O)Nc2cc(F)c(F)c([C@H](CF)CCOC(=N)N)c2)nc1. The molecule has 164 valence electrons. The van der Waals surface area contributed by atoms with Crippen molar-refractivity contribution in [2.45, 2.75) is 19.3 Å². The van der Waals surface area contributed by atoms with Crippen LogP contribution in [0.25, 0.3) is 0 Å². The largest absolute Gasteiger partial charge is 0.479 e. The van der Waals surface area contributed by atoms with Crippen LogP contribution in [0.3, 0.4) is 0 Å². The zero-order chi connectivity index (χ0) is 22.8. The van der Waals surface area contributed by atoms with Crippen LogP contribution in [-0.2, 0) is 4.74 Å². The van der Waals surface area contributed by atoms with E-state index in [1.807, 2.05) is 0 Å². The maximum Gasteiger partial charge on any atom is 0.278 e. The fourth-order valence-corrected chi connectivity index (χ4v) is 2.59. The van der Waals surface area contributed by atoms with E-state index in [0.29, 0.717) is 5.75 Å². The molecule has 0 aliphatic rings. The molecule has 0 fully saturated rings. The average molecular weight is 434 g/mol. The van der Waals surface area contributed by atoms with Gasteiger partial charge in [0.2, 0.25) is 0 Å². The lowest BCUT2D eigenvalue weighted by atomic mass is 9.96. The Hall–Kier alpha value is -3.74. The molecular formula is C21H21F3N4O3. The second kappa shape index (κ2) is 11.4. The van der Waals surface area contributed by atoms with E-state index in [9.17, 15) is 18.0 Å². The Morgan fingerprint density at radius 3 is 2.74 bits per heavy atom. The van der Waals surface area contributed by atoms with Gasteiger partial charge >= 0.3 is 0 Å². The molecule has 31 heavy (non-hydrogen) atoms. The van der Waals surface area contributed by atoms with Crippen LogP contribution in [0.15, 0.2) is 30.5 Å². The minimum Gasteiger partial charge on any atom is -0.479 e. The molecule has 0 spiro atoms. The van der Waals surface area contributed by atoms with E-state index in [-0.39, 0.29) is 36.6 Å². The minimum atomic E-state index is -1.24. The molecule has 2 rings (SSSR count). The quantitative estimate of drug-likeness (QED) is 0.318. The van der Waals surface area contributed by atoms with Crippen molar-refractivity contribution in [3.63, 3.8) is 0 Å². The van der Waals surface area contributed by atoms with Gasteiger partial charge in [0, 0.05) is 17.7 Å². The summed E-state index contributed by atoms with van der Waals surface area (Å²) in [6, 6.07) is 4.29. The monoisotopic (exact) mass is 434 g/mol. The summed E-state index contributed by atoms with van der Waals surface area (Å²) in [5, 5.41) is 9.40. The van der Waals surface area contributed by atoms with Gasteiger partial charge in [0.05, 0.1) is 19.5 Å². The van der Waals surface area contributed by atoms with Crippen LogP contribution < -0.4 is 15.8 Å². The van der Waals surface area contributed by atoms with E-state index in [1.54, 1.807) is 6.92 Å². The number of pyridine rings is 1. The molecule has 0 radical (unpaired) electrons. The Kier molecular flexibility index (Phi) is 8.69. The van der Waals surface area contributed by atoms with Crippen molar-refractivity contribution in [2.75, 3.05) is 25.2 Å². The molecule has 0 unspecified atom stereocenters. The van der Waals surface area contributed by atoms with Gasteiger partial charge in [-0.1, -0.05) is 5.92 Å². The summed E-state index contributed by atoms with van der Waals surface area (Å²) >= 11 is 0. The number of rotatable bonds is 9. The van der Waals surface area contributed by atoms with Crippen LogP contribution >= 0.6 is 0 Å². The second-order valence-electron chi connectivity index (χ2n) is 6.26. The predicted molar refractivity (Wildman–Crippen MR) is 109 cm³/mol. The zero-order valence-corrected chi connectivity index (χ0v) is 16.7. The van der Waals surface area contributed by atoms with E-state index >= 15 is 0 Å². The predicted octanol–water partition coefficient (Wildman–Crippen LogP) is 3.37. The fourth-order valence-electron chi connectivity index (χ4n) is 2.59. The summed E-state index contributed by atoms with van der Waals surface area (Å²) in [4.78, 5) is 16.4. The van der Waals surface area contributed by atoms with Crippen LogP contribution in [-0.4, -0.2) is 36.8 Å². The molecule has 0 aliphatic heterocycles. The van der Waals surface area contributed by atoms with Gasteiger partial charge in [0.25, 0.3) is 11.9 Å². The number of anilines is 1. The van der Waals surface area contributed by atoms with Gasteiger partial charge in [-0.25, -0.2) is 13.8 Å². The number of aromatic nitrogens is 1. The number of hydrogen-bond donors (Lipinski definition) is 3. The standard InChI is InChI=1S/C21H21F3N4O3/c1-2-3-7-30-15-4-5-18(27-12-15)20(29)28-14-9-16(19(24)17(23)10-14)13(11-22)6-8-31-21(25)26/h4-5,9-10,12-13H,6-8,11H2,1H3,(H3,25,26)(H,28,29)/t13-/m0/s1. The van der Waals surface area contributed by atoms with Crippen molar-refractivity contribution in [2.24, 2.45) is 5.73 Å². The first-order valence-electron chi connectivity index (χ1n) is 9.17. The zero-order valence-electron chi connectivity index (χ0n) is 16.7. The number of carbonyl (C=O) groups is 1. The van der Waals surface area contributed by atoms with Gasteiger partial charge in [0.15, 0.2) is 11.6 Å². The number of carbonyl (C=O) groups excluding carboxylic acids is 1. The van der Waals surface area contributed by atoms with E-state index in [4.69, 9.17) is 20.6 Å². The number of ether oxygens (including phenoxy) is 2. The van der Waals surface area contributed by atoms with Crippen LogP contribution in [0, 0.1) is 28.9 Å². The van der Waals surface area contributed by atoms with Crippen LogP contribution in [0.5, 0.6) is 5.75 Å². The van der Waals surface area contributed by atoms with E-state index in [0.717, 1.165) is 12.1 Å². The fraction of sp³-hybridized carbons (Fsp3) is 0.286. The molecule has 10 heteroatoms. The number of nitrogens with zero attached hydrogens (tertiary/aromatic N) is 1. The summed E-state index contributed by atoms with van der Waals surface area (Å²) in [5.41, 5.74) is 4.73. The van der Waals surface area contributed by atoms with E-state index in [1.165, 1.54) is 18.3 Å². The van der Waals surface area contributed by atoms with Gasteiger partial charge in [-0.3, -0.25) is 14.6 Å². The van der Waals surface area contributed by atoms with Crippen molar-refractivity contribution in [3.8, 4) is 17.6 Å². The number of amides is 1. The molecule has 0 saturated carbocycles. The van der Waals surface area contributed by atoms with Gasteiger partial charge in [-0.15, -0.1) is 5.92 Å². The second-order valence-corrected chi connectivity index (χ2v) is 6.26. The summed E-state index contributed by atoms with van der Waals surface area (Å²) < 4.78 is 51.8. The third-order valence-electron chi connectivity index (χ3n) is 4.12. The lowest BCUT2D eigenvalue weighted by Crippen LogP contribution is -2.18.